The number of likely N-dealkylation sites (N-methyl/N-ethyl adjacent to an activating group) is 1. The van der Waals surface area contributed by atoms with Crippen molar-refractivity contribution in [1.82, 2.24) is 14.5 Å². The molecule has 86 valence electrons. The molecular formula is C10H18ClN3O. The molecule has 0 saturated carbocycles. The van der Waals surface area contributed by atoms with Gasteiger partial charge in [0.15, 0.2) is 0 Å². The van der Waals surface area contributed by atoms with Crippen LogP contribution in [0.5, 0.6) is 0 Å². The fourth-order valence-corrected chi connectivity index (χ4v) is 1.40. The summed E-state index contributed by atoms with van der Waals surface area (Å²) in [4.78, 5) is 6.13. The van der Waals surface area contributed by atoms with Crippen molar-refractivity contribution in [2.24, 2.45) is 0 Å². The molecule has 1 aromatic rings. The van der Waals surface area contributed by atoms with Gasteiger partial charge in [0, 0.05) is 19.3 Å². The fourth-order valence-electron chi connectivity index (χ4n) is 1.17. The van der Waals surface area contributed by atoms with E-state index in [2.05, 4.69) is 9.88 Å². The van der Waals surface area contributed by atoms with Crippen molar-refractivity contribution in [2.75, 3.05) is 33.9 Å². The molecule has 0 aliphatic heterocycles. The Bertz CT molecular complexity index is 275. The van der Waals surface area contributed by atoms with Crippen LogP contribution in [0.1, 0.15) is 5.69 Å². The summed E-state index contributed by atoms with van der Waals surface area (Å²) in [6.07, 6.45) is 3.57. The summed E-state index contributed by atoms with van der Waals surface area (Å²) >= 11 is 5.75. The molecule has 0 bridgehead atoms. The molecular weight excluding hydrogens is 214 g/mol. The van der Waals surface area contributed by atoms with E-state index in [4.69, 9.17) is 16.3 Å². The van der Waals surface area contributed by atoms with E-state index >= 15 is 0 Å². The van der Waals surface area contributed by atoms with Gasteiger partial charge in [0.25, 0.3) is 0 Å². The Labute approximate surface area is 95.8 Å². The molecule has 4 nitrogen and oxygen atoms in total. The average Bonchev–Trinajstić information content (AvgIpc) is 2.64. The smallest absolute Gasteiger partial charge is 0.0949 e. The third-order valence-electron chi connectivity index (χ3n) is 2.09. The second-order valence-electron chi connectivity index (χ2n) is 3.63. The summed E-state index contributed by atoms with van der Waals surface area (Å²) < 4.78 is 7.50. The normalized spacial score (nSPS) is 11.2. The molecule has 1 aromatic heterocycles. The van der Waals surface area contributed by atoms with Gasteiger partial charge in [-0.1, -0.05) is 0 Å². The van der Waals surface area contributed by atoms with Gasteiger partial charge in [-0.15, -0.1) is 11.6 Å². The van der Waals surface area contributed by atoms with Crippen LogP contribution in [0.4, 0.5) is 0 Å². The van der Waals surface area contributed by atoms with Crippen molar-refractivity contribution < 1.29 is 4.74 Å². The van der Waals surface area contributed by atoms with Gasteiger partial charge in [-0.25, -0.2) is 4.98 Å². The number of alkyl halides is 1. The summed E-state index contributed by atoms with van der Waals surface area (Å²) in [6.45, 7) is 3.23. The van der Waals surface area contributed by atoms with Crippen LogP contribution in [0, 0.1) is 0 Å². The Morgan fingerprint density at radius 2 is 2.27 bits per heavy atom. The third kappa shape index (κ3) is 4.64. The number of hydrogen-bond acceptors (Lipinski definition) is 3. The van der Waals surface area contributed by atoms with Crippen LogP contribution in [0.25, 0.3) is 0 Å². The molecule has 0 amide bonds. The molecule has 1 rings (SSSR count). The van der Waals surface area contributed by atoms with Crippen LogP contribution >= 0.6 is 11.6 Å². The lowest BCUT2D eigenvalue weighted by Gasteiger charge is -2.10. The van der Waals surface area contributed by atoms with Gasteiger partial charge in [-0.05, 0) is 14.1 Å². The number of ether oxygens (including phenoxy) is 1. The first-order valence-corrected chi connectivity index (χ1v) is 5.55. The first kappa shape index (κ1) is 12.5. The molecule has 0 radical (unpaired) electrons. The Morgan fingerprint density at radius 3 is 2.93 bits per heavy atom. The van der Waals surface area contributed by atoms with E-state index in [0.717, 1.165) is 25.4 Å². The highest BCUT2D eigenvalue weighted by atomic mass is 35.5. The lowest BCUT2D eigenvalue weighted by Crippen LogP contribution is -2.19. The third-order valence-corrected chi connectivity index (χ3v) is 2.37. The van der Waals surface area contributed by atoms with Gasteiger partial charge in [0.2, 0.25) is 0 Å². The van der Waals surface area contributed by atoms with Gasteiger partial charge < -0.3 is 14.2 Å². The highest BCUT2D eigenvalue weighted by Gasteiger charge is 1.99. The Balaban J connectivity index is 2.15. The van der Waals surface area contributed by atoms with Crippen molar-refractivity contribution in [3.05, 3.63) is 18.2 Å². The lowest BCUT2D eigenvalue weighted by molar-refractivity contribution is 0.110. The number of imidazole rings is 1. The van der Waals surface area contributed by atoms with E-state index in [1.807, 2.05) is 18.7 Å². The van der Waals surface area contributed by atoms with Crippen LogP contribution in [0.2, 0.25) is 0 Å². The average molecular weight is 232 g/mol. The van der Waals surface area contributed by atoms with Gasteiger partial charge >= 0.3 is 0 Å². The monoisotopic (exact) mass is 231 g/mol. The standard InChI is InChI=1S/C10H18ClN3O/c1-13(2)3-5-15-6-4-14-9-12-8-10(14)7-11/h8-9H,3-7H2,1-2H3. The minimum absolute atomic E-state index is 0.498. The van der Waals surface area contributed by atoms with Gasteiger partial charge in [-0.3, -0.25) is 0 Å². The predicted octanol–water partition coefficient (Wildman–Crippen LogP) is 1.20. The summed E-state index contributed by atoms with van der Waals surface area (Å²) in [6, 6.07) is 0. The zero-order valence-corrected chi connectivity index (χ0v) is 10.1. The number of rotatable bonds is 7. The van der Waals surface area contributed by atoms with Gasteiger partial charge in [0.1, 0.15) is 0 Å². The maximum Gasteiger partial charge on any atom is 0.0949 e. The van der Waals surface area contributed by atoms with E-state index in [1.165, 1.54) is 0 Å². The molecule has 0 aromatic carbocycles. The molecule has 1 heterocycles. The van der Waals surface area contributed by atoms with Crippen LogP contribution in [0.15, 0.2) is 12.5 Å². The topological polar surface area (TPSA) is 30.3 Å². The van der Waals surface area contributed by atoms with Crippen molar-refractivity contribution in [2.45, 2.75) is 12.4 Å². The molecule has 0 unspecified atom stereocenters. The van der Waals surface area contributed by atoms with Crippen molar-refractivity contribution in [1.29, 1.82) is 0 Å². The minimum atomic E-state index is 0.498. The van der Waals surface area contributed by atoms with Crippen LogP contribution in [0.3, 0.4) is 0 Å². The molecule has 0 atom stereocenters. The first-order valence-electron chi connectivity index (χ1n) is 5.01. The zero-order valence-electron chi connectivity index (χ0n) is 9.32. The number of nitrogens with zero attached hydrogens (tertiary/aromatic N) is 3. The van der Waals surface area contributed by atoms with Crippen molar-refractivity contribution in [3.63, 3.8) is 0 Å². The maximum atomic E-state index is 5.75. The fraction of sp³-hybridized carbons (Fsp3) is 0.700. The molecule has 0 N–H and O–H groups in total. The zero-order chi connectivity index (χ0) is 11.1. The second-order valence-corrected chi connectivity index (χ2v) is 3.89. The summed E-state index contributed by atoms with van der Waals surface area (Å²) in [5.74, 6) is 0.498. The Hall–Kier alpha value is -0.580. The minimum Gasteiger partial charge on any atom is -0.378 e. The molecule has 0 aliphatic rings. The molecule has 0 aliphatic carbocycles. The van der Waals surface area contributed by atoms with E-state index in [1.54, 1.807) is 12.5 Å². The Morgan fingerprint density at radius 1 is 1.47 bits per heavy atom. The highest BCUT2D eigenvalue weighted by Crippen LogP contribution is 2.02. The summed E-state index contributed by atoms with van der Waals surface area (Å²) in [5.41, 5.74) is 1.04. The highest BCUT2D eigenvalue weighted by molar-refractivity contribution is 6.16. The van der Waals surface area contributed by atoms with E-state index < -0.39 is 0 Å². The quantitative estimate of drug-likeness (QED) is 0.522. The lowest BCUT2D eigenvalue weighted by atomic mass is 10.5. The molecule has 0 fully saturated rings. The van der Waals surface area contributed by atoms with Gasteiger partial charge in [0.05, 0.1) is 31.1 Å². The molecule has 15 heavy (non-hydrogen) atoms. The Kier molecular flexibility index (Phi) is 5.68. The molecule has 0 spiro atoms. The summed E-state index contributed by atoms with van der Waals surface area (Å²) in [5, 5.41) is 0. The number of hydrogen-bond donors (Lipinski definition) is 0. The van der Waals surface area contributed by atoms with E-state index in [-0.39, 0.29) is 0 Å². The maximum absolute atomic E-state index is 5.75. The van der Waals surface area contributed by atoms with E-state index in [9.17, 15) is 0 Å². The van der Waals surface area contributed by atoms with Crippen molar-refractivity contribution in [3.8, 4) is 0 Å². The molecule has 0 saturated heterocycles. The van der Waals surface area contributed by atoms with Crippen LogP contribution < -0.4 is 0 Å². The number of halogens is 1. The number of aromatic nitrogens is 2. The van der Waals surface area contributed by atoms with Crippen LogP contribution in [-0.2, 0) is 17.2 Å². The molecule has 5 heteroatoms. The first-order chi connectivity index (χ1) is 7.24. The van der Waals surface area contributed by atoms with Gasteiger partial charge in [-0.2, -0.15) is 0 Å². The second kappa shape index (κ2) is 6.82. The summed E-state index contributed by atoms with van der Waals surface area (Å²) in [7, 11) is 4.07. The SMILES string of the molecule is CN(C)CCOCCn1cncc1CCl. The van der Waals surface area contributed by atoms with Crippen LogP contribution in [-0.4, -0.2) is 48.3 Å². The largest absolute Gasteiger partial charge is 0.378 e. The predicted molar refractivity (Wildman–Crippen MR) is 61.2 cm³/mol. The van der Waals surface area contributed by atoms with E-state index in [0.29, 0.717) is 12.5 Å². The van der Waals surface area contributed by atoms with Crippen molar-refractivity contribution >= 4 is 11.6 Å².